The molecule has 2 heterocycles. The largest absolute Gasteiger partial charge is 0.479 e. The number of pyridine rings is 1. The van der Waals surface area contributed by atoms with E-state index in [1.165, 1.54) is 0 Å². The van der Waals surface area contributed by atoms with E-state index in [1.807, 2.05) is 36.4 Å². The molecule has 1 saturated carbocycles. The topological polar surface area (TPSA) is 156 Å². The summed E-state index contributed by atoms with van der Waals surface area (Å²) >= 11 is 6.22. The Bertz CT molecular complexity index is 1690. The number of amides is 3. The molecule has 2 aromatic carbocycles. The smallest absolute Gasteiger partial charge is 0.408 e. The lowest BCUT2D eigenvalue weighted by molar-refractivity contribution is -0.144. The van der Waals surface area contributed by atoms with Crippen LogP contribution in [-0.4, -0.2) is 51.1 Å². The summed E-state index contributed by atoms with van der Waals surface area (Å²) in [6.45, 7) is 5.16. The number of allylic oxidation sites excluding steroid dienone is 1. The van der Waals surface area contributed by atoms with Gasteiger partial charge in [-0.15, -0.1) is 0 Å². The Labute approximate surface area is 278 Å². The zero-order chi connectivity index (χ0) is 33.8. The van der Waals surface area contributed by atoms with Crippen LogP contribution in [-0.2, 0) is 19.1 Å². The number of alkyl carbamates (subject to hydrolysis) is 1. The van der Waals surface area contributed by atoms with Gasteiger partial charge in [0.05, 0.1) is 0 Å². The van der Waals surface area contributed by atoms with E-state index < -0.39 is 47.1 Å². The minimum Gasteiger partial charge on any atom is -0.479 e. The van der Waals surface area contributed by atoms with Gasteiger partial charge in [-0.25, -0.2) is 14.6 Å². The van der Waals surface area contributed by atoms with E-state index in [2.05, 4.69) is 20.9 Å². The number of halogens is 1. The SMILES string of the molecule is CC(C)(C)OC(=O)N[C@H]1CCCCC/C=C\[C@@H]2C[C@@]2(C(=O)O)NC(=O)[C@H](c2ccc(Oc3nc(Cl)cc4ccccc34)cc2)NC1=O. The monoisotopic (exact) mass is 662 g/mol. The van der Waals surface area contributed by atoms with Gasteiger partial charge < -0.3 is 30.5 Å². The molecule has 3 aromatic rings. The normalized spacial score (nSPS) is 24.4. The molecule has 248 valence electrons. The fourth-order valence-corrected chi connectivity index (χ4v) is 5.81. The van der Waals surface area contributed by atoms with Crippen LogP contribution < -0.4 is 20.7 Å². The fourth-order valence-electron chi connectivity index (χ4n) is 5.62. The molecule has 1 aliphatic carbocycles. The number of carboxylic acids is 1. The number of aromatic nitrogens is 1. The van der Waals surface area contributed by atoms with Gasteiger partial charge in [0.15, 0.2) is 0 Å². The number of benzene rings is 2. The third kappa shape index (κ3) is 8.40. The molecule has 5 rings (SSSR count). The molecule has 0 unspecified atom stereocenters. The second-order valence-corrected chi connectivity index (χ2v) is 13.3. The van der Waals surface area contributed by atoms with Crippen LogP contribution >= 0.6 is 11.6 Å². The number of carbonyl (C=O) groups excluding carboxylic acids is 3. The lowest BCUT2D eigenvalue weighted by Crippen LogP contribution is -2.53. The van der Waals surface area contributed by atoms with Crippen molar-refractivity contribution in [3.05, 3.63) is 77.5 Å². The molecule has 0 saturated heterocycles. The third-order valence-corrected chi connectivity index (χ3v) is 8.33. The number of nitrogens with zero attached hydrogens (tertiary/aromatic N) is 1. The number of hydrogen-bond donors (Lipinski definition) is 4. The maximum Gasteiger partial charge on any atom is 0.408 e. The summed E-state index contributed by atoms with van der Waals surface area (Å²) in [5, 5.41) is 20.1. The number of hydrogen-bond acceptors (Lipinski definition) is 7. The Morgan fingerprint density at radius 1 is 1.04 bits per heavy atom. The molecular weight excluding hydrogens is 624 g/mol. The van der Waals surface area contributed by atoms with Gasteiger partial charge in [-0.3, -0.25) is 9.59 Å². The minimum atomic E-state index is -1.48. The lowest BCUT2D eigenvalue weighted by Gasteiger charge is -2.26. The molecule has 1 fully saturated rings. The molecule has 3 amide bonds. The van der Waals surface area contributed by atoms with Crippen molar-refractivity contribution in [2.24, 2.45) is 5.92 Å². The van der Waals surface area contributed by atoms with Crippen molar-refractivity contribution in [1.82, 2.24) is 20.9 Å². The minimum absolute atomic E-state index is 0.238. The van der Waals surface area contributed by atoms with Crippen molar-refractivity contribution < 1.29 is 33.8 Å². The van der Waals surface area contributed by atoms with Gasteiger partial charge in [0, 0.05) is 11.3 Å². The van der Waals surface area contributed by atoms with Crippen LogP contribution in [0, 0.1) is 5.92 Å². The molecule has 2 aliphatic rings. The van der Waals surface area contributed by atoms with E-state index in [9.17, 15) is 24.3 Å². The van der Waals surface area contributed by atoms with Gasteiger partial charge in [0.1, 0.15) is 34.1 Å². The van der Waals surface area contributed by atoms with E-state index in [1.54, 1.807) is 51.1 Å². The highest BCUT2D eigenvalue weighted by Gasteiger charge is 2.61. The molecule has 4 atom stereocenters. The molecule has 0 radical (unpaired) electrons. The quantitative estimate of drug-likeness (QED) is 0.186. The summed E-state index contributed by atoms with van der Waals surface area (Å²) in [6.07, 6.45) is 6.57. The van der Waals surface area contributed by atoms with Gasteiger partial charge >= 0.3 is 12.1 Å². The molecule has 0 bridgehead atoms. The van der Waals surface area contributed by atoms with Crippen LogP contribution in [0.2, 0.25) is 5.15 Å². The Kier molecular flexibility index (Phi) is 10.0. The second-order valence-electron chi connectivity index (χ2n) is 12.9. The van der Waals surface area contributed by atoms with Crippen molar-refractivity contribution in [3.63, 3.8) is 0 Å². The van der Waals surface area contributed by atoms with Gasteiger partial charge in [0.2, 0.25) is 17.7 Å². The second kappa shape index (κ2) is 14.0. The van der Waals surface area contributed by atoms with Crippen LogP contribution in [0.5, 0.6) is 11.6 Å². The highest BCUT2D eigenvalue weighted by molar-refractivity contribution is 6.30. The first kappa shape index (κ1) is 33.7. The van der Waals surface area contributed by atoms with Crippen molar-refractivity contribution in [2.75, 3.05) is 0 Å². The first-order valence-electron chi connectivity index (χ1n) is 15.7. The number of carbonyl (C=O) groups is 4. The molecule has 12 heteroatoms. The molecular formula is C35H39ClN4O7. The van der Waals surface area contributed by atoms with Gasteiger partial charge in [-0.05, 0) is 81.7 Å². The highest BCUT2D eigenvalue weighted by Crippen LogP contribution is 2.45. The average molecular weight is 663 g/mol. The number of ether oxygens (including phenoxy) is 2. The maximum atomic E-state index is 13.8. The lowest BCUT2D eigenvalue weighted by atomic mass is 10.0. The molecule has 4 N–H and O–H groups in total. The van der Waals surface area contributed by atoms with E-state index >= 15 is 0 Å². The van der Waals surface area contributed by atoms with Gasteiger partial charge in [0.25, 0.3) is 0 Å². The van der Waals surface area contributed by atoms with Crippen LogP contribution in [0.4, 0.5) is 4.79 Å². The number of carboxylic acid groups (broad SMARTS) is 1. The van der Waals surface area contributed by atoms with Crippen LogP contribution in [0.15, 0.2) is 66.7 Å². The fraction of sp³-hybridized carbons (Fsp3) is 0.400. The summed E-state index contributed by atoms with van der Waals surface area (Å²) in [6, 6.07) is 13.4. The first-order chi connectivity index (χ1) is 22.3. The Morgan fingerprint density at radius 2 is 1.79 bits per heavy atom. The highest BCUT2D eigenvalue weighted by atomic mass is 35.5. The summed E-state index contributed by atoms with van der Waals surface area (Å²) in [7, 11) is 0. The van der Waals surface area contributed by atoms with Gasteiger partial charge in [-0.1, -0.05) is 66.9 Å². The Morgan fingerprint density at radius 3 is 2.51 bits per heavy atom. The standard InChI is InChI=1S/C35H39ClN4O7/c1-34(2,3)47-33(45)37-26-14-8-6-4-5-7-12-23-20-35(23,32(43)44)40-30(42)28(39-29(26)41)21-15-17-24(18-16-21)46-31-25-13-10-9-11-22(25)19-27(36)38-31/h7,9-13,15-19,23,26,28H,4-6,8,14,20H2,1-3H3,(H,37,45)(H,39,41)(H,40,42)(H,43,44)/b12-7-/t23-,26+,28+,35-/m1/s1. The molecule has 47 heavy (non-hydrogen) atoms. The van der Waals surface area contributed by atoms with Crippen molar-refractivity contribution in [1.29, 1.82) is 0 Å². The maximum absolute atomic E-state index is 13.8. The predicted octanol–water partition coefficient (Wildman–Crippen LogP) is 6.21. The van der Waals surface area contributed by atoms with E-state index in [-0.39, 0.29) is 17.5 Å². The third-order valence-electron chi connectivity index (χ3n) is 8.13. The number of aliphatic carboxylic acids is 1. The van der Waals surface area contributed by atoms with Crippen molar-refractivity contribution in [3.8, 4) is 11.6 Å². The summed E-state index contributed by atoms with van der Waals surface area (Å²) in [5.74, 6) is -2.12. The van der Waals surface area contributed by atoms with E-state index in [0.717, 1.165) is 30.0 Å². The molecule has 0 spiro atoms. The van der Waals surface area contributed by atoms with E-state index in [0.29, 0.717) is 30.0 Å². The zero-order valence-electron chi connectivity index (χ0n) is 26.5. The number of nitrogens with one attached hydrogen (secondary N) is 3. The van der Waals surface area contributed by atoms with Crippen molar-refractivity contribution >= 4 is 46.3 Å². The molecule has 1 aliphatic heterocycles. The Hall–Kier alpha value is -4.64. The van der Waals surface area contributed by atoms with Crippen LogP contribution in [0.25, 0.3) is 10.8 Å². The van der Waals surface area contributed by atoms with Crippen LogP contribution in [0.1, 0.15) is 70.9 Å². The Balaban J connectivity index is 1.43. The zero-order valence-corrected chi connectivity index (χ0v) is 27.3. The first-order valence-corrected chi connectivity index (χ1v) is 16.1. The van der Waals surface area contributed by atoms with Gasteiger partial charge in [-0.2, -0.15) is 0 Å². The summed E-state index contributed by atoms with van der Waals surface area (Å²) in [5.41, 5.74) is -1.88. The number of fused-ring (bicyclic) bond motifs is 2. The molecule has 11 nitrogen and oxygen atoms in total. The van der Waals surface area contributed by atoms with Crippen LogP contribution in [0.3, 0.4) is 0 Å². The van der Waals surface area contributed by atoms with E-state index in [4.69, 9.17) is 21.1 Å². The molecule has 1 aromatic heterocycles. The predicted molar refractivity (Wildman–Crippen MR) is 176 cm³/mol. The summed E-state index contributed by atoms with van der Waals surface area (Å²) in [4.78, 5) is 56.9. The average Bonchev–Trinajstić information content (AvgIpc) is 3.71. The van der Waals surface area contributed by atoms with Crippen molar-refractivity contribution in [2.45, 2.75) is 82.5 Å². The number of rotatable bonds is 5. The summed E-state index contributed by atoms with van der Waals surface area (Å²) < 4.78 is 11.4.